The Balaban J connectivity index is 2.09. The highest BCUT2D eigenvalue weighted by molar-refractivity contribution is 5.79. The number of phenols is 1. The lowest BCUT2D eigenvalue weighted by Gasteiger charge is -2.21. The lowest BCUT2D eigenvalue weighted by Crippen LogP contribution is -2.32. The fourth-order valence-electron chi connectivity index (χ4n) is 2.39. The van der Waals surface area contributed by atoms with Crippen molar-refractivity contribution in [3.8, 4) is 5.75 Å². The highest BCUT2D eigenvalue weighted by atomic mass is 16.5. The topological polar surface area (TPSA) is 58.6 Å². The van der Waals surface area contributed by atoms with Crippen LogP contribution in [0, 0.1) is 0 Å². The summed E-state index contributed by atoms with van der Waals surface area (Å²) in [4.78, 5) is 12.0. The van der Waals surface area contributed by atoms with Crippen molar-refractivity contribution in [3.63, 3.8) is 0 Å². The molecule has 22 heavy (non-hydrogen) atoms. The van der Waals surface area contributed by atoms with E-state index in [-0.39, 0.29) is 17.6 Å². The maximum absolute atomic E-state index is 12.0. The van der Waals surface area contributed by atoms with Crippen molar-refractivity contribution in [2.45, 2.75) is 25.3 Å². The summed E-state index contributed by atoms with van der Waals surface area (Å²) >= 11 is 0. The fraction of sp³-hybridized carbons (Fsp3) is 0.278. The molecule has 0 unspecified atom stereocenters. The quantitative estimate of drug-likeness (QED) is 0.633. The number of rotatable bonds is 6. The fourth-order valence-corrected chi connectivity index (χ4v) is 2.39. The van der Waals surface area contributed by atoms with Gasteiger partial charge < -0.3 is 15.2 Å². The molecule has 0 saturated heterocycles. The summed E-state index contributed by atoms with van der Waals surface area (Å²) < 4.78 is 4.89. The Morgan fingerprint density at radius 3 is 2.36 bits per heavy atom. The Morgan fingerprint density at radius 2 is 1.77 bits per heavy atom. The third-order valence-corrected chi connectivity index (χ3v) is 3.65. The molecule has 4 nitrogen and oxygen atoms in total. The zero-order valence-corrected chi connectivity index (χ0v) is 12.8. The minimum absolute atomic E-state index is 0.192. The molecule has 0 heterocycles. The number of anilines is 1. The van der Waals surface area contributed by atoms with Crippen LogP contribution in [0.1, 0.15) is 24.8 Å². The van der Waals surface area contributed by atoms with Crippen LogP contribution < -0.4 is 5.32 Å². The molecule has 0 bridgehead atoms. The third kappa shape index (κ3) is 4.25. The van der Waals surface area contributed by atoms with E-state index in [4.69, 9.17) is 4.74 Å². The second kappa shape index (κ2) is 7.50. The molecule has 2 atom stereocenters. The number of nitrogens with one attached hydrogen (secondary N) is 1. The predicted octanol–water partition coefficient (Wildman–Crippen LogP) is 3.54. The summed E-state index contributed by atoms with van der Waals surface area (Å²) in [5.74, 6) is 0.114. The number of hydrogen-bond acceptors (Lipinski definition) is 4. The Hall–Kier alpha value is -2.49. The van der Waals surface area contributed by atoms with Crippen molar-refractivity contribution in [2.24, 2.45) is 0 Å². The molecule has 0 amide bonds. The number of carbonyl (C=O) groups is 1. The van der Waals surface area contributed by atoms with Crippen LogP contribution in [0.5, 0.6) is 5.75 Å². The van der Waals surface area contributed by atoms with E-state index >= 15 is 0 Å². The van der Waals surface area contributed by atoms with E-state index in [0.29, 0.717) is 6.42 Å². The van der Waals surface area contributed by atoms with Gasteiger partial charge in [0.25, 0.3) is 0 Å². The Morgan fingerprint density at radius 1 is 1.14 bits per heavy atom. The van der Waals surface area contributed by atoms with Gasteiger partial charge in [0.2, 0.25) is 0 Å². The highest BCUT2D eigenvalue weighted by Gasteiger charge is 2.22. The molecule has 0 aliphatic rings. The number of benzene rings is 2. The van der Waals surface area contributed by atoms with Crippen LogP contribution in [0.3, 0.4) is 0 Å². The monoisotopic (exact) mass is 299 g/mol. The van der Waals surface area contributed by atoms with Crippen LogP contribution in [-0.4, -0.2) is 24.2 Å². The number of ether oxygens (including phenoxy) is 1. The number of carbonyl (C=O) groups excluding carboxylic acids is 1. The molecule has 0 fully saturated rings. The molecule has 0 spiro atoms. The second-order valence-electron chi connectivity index (χ2n) is 5.31. The van der Waals surface area contributed by atoms with Gasteiger partial charge in [-0.05, 0) is 42.2 Å². The molecule has 0 aliphatic heterocycles. The van der Waals surface area contributed by atoms with E-state index in [1.807, 2.05) is 18.2 Å². The number of aromatic hydroxyl groups is 1. The molecule has 116 valence electrons. The van der Waals surface area contributed by atoms with Crippen LogP contribution in [0.2, 0.25) is 0 Å². The first kappa shape index (κ1) is 15.9. The lowest BCUT2D eigenvalue weighted by atomic mass is 9.94. The van der Waals surface area contributed by atoms with Crippen LogP contribution in [0.25, 0.3) is 0 Å². The number of hydrogen-bond donors (Lipinski definition) is 2. The molecule has 2 rings (SSSR count). The van der Waals surface area contributed by atoms with Gasteiger partial charge in [0.05, 0.1) is 7.11 Å². The number of esters is 1. The van der Waals surface area contributed by atoms with Gasteiger partial charge in [-0.15, -0.1) is 0 Å². The smallest absolute Gasteiger partial charge is 0.328 e. The lowest BCUT2D eigenvalue weighted by molar-refractivity contribution is -0.141. The molecule has 2 aromatic carbocycles. The van der Waals surface area contributed by atoms with Crippen LogP contribution in [0.4, 0.5) is 5.69 Å². The van der Waals surface area contributed by atoms with Gasteiger partial charge in [-0.3, -0.25) is 0 Å². The minimum Gasteiger partial charge on any atom is -0.508 e. The Bertz CT molecular complexity index is 595. The average molecular weight is 299 g/mol. The molecule has 4 heteroatoms. The molecular weight excluding hydrogens is 278 g/mol. The highest BCUT2D eigenvalue weighted by Crippen LogP contribution is 2.23. The Labute approximate surface area is 130 Å². The van der Waals surface area contributed by atoms with Crippen molar-refractivity contribution in [2.75, 3.05) is 12.4 Å². The summed E-state index contributed by atoms with van der Waals surface area (Å²) in [5, 5.41) is 12.5. The molecule has 0 saturated carbocycles. The summed E-state index contributed by atoms with van der Waals surface area (Å²) in [7, 11) is 1.39. The van der Waals surface area contributed by atoms with Crippen molar-refractivity contribution >= 4 is 11.7 Å². The summed E-state index contributed by atoms with van der Waals surface area (Å²) in [6.07, 6.45) is 0.623. The number of phenolic OH excluding ortho intramolecular Hbond substituents is 1. The van der Waals surface area contributed by atoms with E-state index in [2.05, 4.69) is 24.4 Å². The van der Waals surface area contributed by atoms with Crippen LogP contribution in [-0.2, 0) is 9.53 Å². The normalized spacial score (nSPS) is 13.2. The number of methoxy groups -OCH3 is 1. The molecule has 2 aromatic rings. The van der Waals surface area contributed by atoms with Gasteiger partial charge in [-0.2, -0.15) is 0 Å². The zero-order chi connectivity index (χ0) is 15.9. The van der Waals surface area contributed by atoms with Gasteiger partial charge in [-0.25, -0.2) is 4.79 Å². The molecule has 2 N–H and O–H groups in total. The molecular formula is C18H21NO3. The summed E-state index contributed by atoms with van der Waals surface area (Å²) in [6.45, 7) is 2.09. The SMILES string of the molecule is COC(=O)[C@H](C[C@H](C)c1ccccc1)Nc1ccc(O)cc1. The van der Waals surface area contributed by atoms with E-state index in [0.717, 1.165) is 5.69 Å². The standard InChI is InChI=1S/C18H21NO3/c1-13(14-6-4-3-5-7-14)12-17(18(21)22-2)19-15-8-10-16(20)11-9-15/h3-11,13,17,19-20H,12H2,1-2H3/t13-,17-/m0/s1. The zero-order valence-electron chi connectivity index (χ0n) is 12.8. The van der Waals surface area contributed by atoms with E-state index < -0.39 is 6.04 Å². The maximum Gasteiger partial charge on any atom is 0.328 e. The molecule has 0 aromatic heterocycles. The summed E-state index contributed by atoms with van der Waals surface area (Å²) in [6, 6.07) is 16.3. The van der Waals surface area contributed by atoms with Crippen molar-refractivity contribution in [1.82, 2.24) is 0 Å². The molecule has 0 radical (unpaired) electrons. The minimum atomic E-state index is -0.440. The van der Waals surface area contributed by atoms with Gasteiger partial charge in [-0.1, -0.05) is 37.3 Å². The first-order valence-corrected chi connectivity index (χ1v) is 7.28. The first-order chi connectivity index (χ1) is 10.6. The van der Waals surface area contributed by atoms with Gasteiger partial charge in [0.1, 0.15) is 11.8 Å². The van der Waals surface area contributed by atoms with Gasteiger partial charge >= 0.3 is 5.97 Å². The van der Waals surface area contributed by atoms with Gasteiger partial charge in [0, 0.05) is 5.69 Å². The second-order valence-corrected chi connectivity index (χ2v) is 5.31. The van der Waals surface area contributed by atoms with Crippen molar-refractivity contribution in [3.05, 3.63) is 60.2 Å². The molecule has 0 aliphatic carbocycles. The van der Waals surface area contributed by atoms with Crippen LogP contribution in [0.15, 0.2) is 54.6 Å². The van der Waals surface area contributed by atoms with Crippen LogP contribution >= 0.6 is 0 Å². The Kier molecular flexibility index (Phi) is 5.42. The van der Waals surface area contributed by atoms with E-state index in [9.17, 15) is 9.90 Å². The predicted molar refractivity (Wildman–Crippen MR) is 87.0 cm³/mol. The largest absolute Gasteiger partial charge is 0.508 e. The third-order valence-electron chi connectivity index (χ3n) is 3.65. The van der Waals surface area contributed by atoms with E-state index in [1.54, 1.807) is 24.3 Å². The van der Waals surface area contributed by atoms with E-state index in [1.165, 1.54) is 12.7 Å². The average Bonchev–Trinajstić information content (AvgIpc) is 2.56. The first-order valence-electron chi connectivity index (χ1n) is 7.28. The summed E-state index contributed by atoms with van der Waals surface area (Å²) in [5.41, 5.74) is 1.96. The maximum atomic E-state index is 12.0. The van der Waals surface area contributed by atoms with Crippen molar-refractivity contribution in [1.29, 1.82) is 0 Å². The van der Waals surface area contributed by atoms with Gasteiger partial charge in [0.15, 0.2) is 0 Å². The van der Waals surface area contributed by atoms with Crippen molar-refractivity contribution < 1.29 is 14.6 Å².